The zero-order valence-electron chi connectivity index (χ0n) is 7.73. The van der Waals surface area contributed by atoms with Crippen LogP contribution >= 0.6 is 0 Å². The quantitative estimate of drug-likeness (QED) is 0.658. The minimum Gasteiger partial charge on any atom is -0.279 e. The molecule has 6 nitrogen and oxygen atoms in total. The van der Waals surface area contributed by atoms with Gasteiger partial charge in [0.25, 0.3) is 5.91 Å². The largest absolute Gasteiger partial charge is 0.329 e. The number of nitrogens with zero attached hydrogens (tertiary/aromatic N) is 3. The fourth-order valence-electron chi connectivity index (χ4n) is 1.48. The molecule has 3 amide bonds. The van der Waals surface area contributed by atoms with Crippen LogP contribution in [0.4, 0.5) is 4.79 Å². The maximum atomic E-state index is 11.4. The Morgan fingerprint density at radius 3 is 3.07 bits per heavy atom. The molecule has 14 heavy (non-hydrogen) atoms. The van der Waals surface area contributed by atoms with Crippen LogP contribution in [0.2, 0.25) is 0 Å². The number of fused-ring (bicyclic) bond motifs is 1. The minimum absolute atomic E-state index is 0.394. The number of imide groups is 1. The minimum atomic E-state index is -0.626. The van der Waals surface area contributed by atoms with Gasteiger partial charge in [0.05, 0.1) is 0 Å². The maximum Gasteiger partial charge on any atom is 0.329 e. The first-order valence-electron chi connectivity index (χ1n) is 4.45. The topological polar surface area (TPSA) is 74.1 Å². The summed E-state index contributed by atoms with van der Waals surface area (Å²) in [6, 6.07) is -1.03. The summed E-state index contributed by atoms with van der Waals surface area (Å²) in [7, 11) is 0. The van der Waals surface area contributed by atoms with Crippen molar-refractivity contribution >= 4 is 24.1 Å². The summed E-state index contributed by atoms with van der Waals surface area (Å²) < 4.78 is 0. The molecule has 0 aromatic heterocycles. The van der Waals surface area contributed by atoms with E-state index in [9.17, 15) is 9.59 Å². The van der Waals surface area contributed by atoms with Gasteiger partial charge < -0.3 is 0 Å². The van der Waals surface area contributed by atoms with Gasteiger partial charge in [0.2, 0.25) is 0 Å². The second-order valence-electron chi connectivity index (χ2n) is 3.10. The van der Waals surface area contributed by atoms with E-state index in [-0.39, 0.29) is 0 Å². The second-order valence-corrected chi connectivity index (χ2v) is 3.10. The molecule has 0 radical (unpaired) electrons. The molecule has 74 valence electrons. The Kier molecular flexibility index (Phi) is 2.03. The van der Waals surface area contributed by atoms with Gasteiger partial charge in [0.15, 0.2) is 6.04 Å². The van der Waals surface area contributed by atoms with Gasteiger partial charge in [-0.05, 0) is 6.42 Å². The monoisotopic (exact) mass is 194 g/mol. The van der Waals surface area contributed by atoms with E-state index >= 15 is 0 Å². The number of rotatable bonds is 2. The van der Waals surface area contributed by atoms with Gasteiger partial charge in [0.1, 0.15) is 12.2 Å². The molecule has 2 rings (SSSR count). The van der Waals surface area contributed by atoms with Crippen molar-refractivity contribution in [2.75, 3.05) is 6.54 Å². The average molecular weight is 194 g/mol. The molecule has 0 spiro atoms. The fourth-order valence-corrected chi connectivity index (χ4v) is 1.48. The van der Waals surface area contributed by atoms with E-state index in [4.69, 9.17) is 0 Å². The third kappa shape index (κ3) is 1.19. The van der Waals surface area contributed by atoms with Gasteiger partial charge in [-0.2, -0.15) is 0 Å². The van der Waals surface area contributed by atoms with Crippen molar-refractivity contribution in [1.82, 2.24) is 10.2 Å². The van der Waals surface area contributed by atoms with Crippen LogP contribution in [-0.4, -0.2) is 41.6 Å². The molecule has 1 unspecified atom stereocenters. The molecule has 1 saturated heterocycles. The summed E-state index contributed by atoms with van der Waals surface area (Å²) in [4.78, 5) is 31.9. The van der Waals surface area contributed by atoms with Crippen LogP contribution in [0, 0.1) is 0 Å². The highest BCUT2D eigenvalue weighted by Gasteiger charge is 2.39. The molecule has 1 fully saturated rings. The third-order valence-electron chi connectivity index (χ3n) is 2.10. The van der Waals surface area contributed by atoms with Gasteiger partial charge >= 0.3 is 6.03 Å². The number of amides is 3. The van der Waals surface area contributed by atoms with Crippen molar-refractivity contribution in [3.05, 3.63) is 0 Å². The normalized spacial score (nSPS) is 24.8. The molecule has 1 atom stereocenters. The van der Waals surface area contributed by atoms with E-state index in [2.05, 4.69) is 15.3 Å². The first kappa shape index (κ1) is 8.86. The Labute approximate surface area is 80.7 Å². The molecule has 6 heteroatoms. The van der Waals surface area contributed by atoms with Crippen molar-refractivity contribution in [3.8, 4) is 0 Å². The number of carbonyl (C=O) groups is 2. The van der Waals surface area contributed by atoms with Crippen LogP contribution < -0.4 is 5.32 Å². The lowest BCUT2D eigenvalue weighted by atomic mass is 10.2. The summed E-state index contributed by atoms with van der Waals surface area (Å²) in [5.74, 6) is 0.0513. The van der Waals surface area contributed by atoms with Gasteiger partial charge in [-0.3, -0.25) is 20.0 Å². The number of aliphatic imine (C=N–C) groups is 2. The summed E-state index contributed by atoms with van der Waals surface area (Å²) in [6.45, 7) is 2.51. The molecule has 2 aliphatic heterocycles. The predicted molar refractivity (Wildman–Crippen MR) is 50.3 cm³/mol. The molecule has 0 aliphatic carbocycles. The standard InChI is InChI=1S/C8H10N4O2/c1-2-3-12-6-5(9-4-10-6)7(13)11-8(12)14/h4-5H,2-3H2,1H3,(H,11,13,14). The van der Waals surface area contributed by atoms with E-state index in [1.807, 2.05) is 6.92 Å². The van der Waals surface area contributed by atoms with Gasteiger partial charge in [-0.1, -0.05) is 6.92 Å². The summed E-state index contributed by atoms with van der Waals surface area (Å²) in [5.41, 5.74) is 0. The molecule has 0 bridgehead atoms. The lowest BCUT2D eigenvalue weighted by Crippen LogP contribution is -2.59. The molecule has 2 aliphatic rings. The molecule has 2 heterocycles. The smallest absolute Gasteiger partial charge is 0.279 e. The number of urea groups is 1. The Morgan fingerprint density at radius 1 is 1.57 bits per heavy atom. The summed E-state index contributed by atoms with van der Waals surface area (Å²) in [5, 5.41) is 2.24. The Bertz CT molecular complexity index is 347. The fraction of sp³-hybridized carbons (Fsp3) is 0.500. The predicted octanol–water partition coefficient (Wildman–Crippen LogP) is -0.243. The second kappa shape index (κ2) is 3.21. The maximum absolute atomic E-state index is 11.4. The van der Waals surface area contributed by atoms with Crippen LogP contribution in [0.25, 0.3) is 0 Å². The highest BCUT2D eigenvalue weighted by molar-refractivity contribution is 6.23. The first-order valence-corrected chi connectivity index (χ1v) is 4.45. The van der Waals surface area contributed by atoms with Gasteiger partial charge in [-0.25, -0.2) is 9.79 Å². The van der Waals surface area contributed by atoms with Crippen LogP contribution in [0.15, 0.2) is 9.98 Å². The van der Waals surface area contributed by atoms with E-state index < -0.39 is 18.0 Å². The van der Waals surface area contributed by atoms with E-state index in [0.29, 0.717) is 12.4 Å². The number of carbonyl (C=O) groups excluding carboxylic acids is 2. The molecule has 0 aromatic rings. The van der Waals surface area contributed by atoms with Crippen LogP contribution in [-0.2, 0) is 4.79 Å². The highest BCUT2D eigenvalue weighted by atomic mass is 16.2. The number of nitrogens with one attached hydrogen (secondary N) is 1. The summed E-state index contributed by atoms with van der Waals surface area (Å²) in [6.07, 6.45) is 2.13. The SMILES string of the molecule is CCCN1C(=O)NC(=O)C2N=CN=C21. The van der Waals surface area contributed by atoms with E-state index in [1.165, 1.54) is 11.2 Å². The zero-order valence-corrected chi connectivity index (χ0v) is 7.73. The molecule has 0 aromatic carbocycles. The first-order chi connectivity index (χ1) is 6.74. The van der Waals surface area contributed by atoms with Crippen molar-refractivity contribution in [2.24, 2.45) is 9.98 Å². The van der Waals surface area contributed by atoms with Crippen molar-refractivity contribution in [2.45, 2.75) is 19.4 Å². The van der Waals surface area contributed by atoms with Gasteiger partial charge in [0, 0.05) is 6.54 Å². The zero-order chi connectivity index (χ0) is 10.1. The number of hydrogen-bond donors (Lipinski definition) is 1. The Balaban J connectivity index is 2.26. The number of hydrogen-bond acceptors (Lipinski definition) is 4. The van der Waals surface area contributed by atoms with Crippen LogP contribution in [0.3, 0.4) is 0 Å². The molecule has 0 saturated carbocycles. The van der Waals surface area contributed by atoms with Gasteiger partial charge in [-0.15, -0.1) is 0 Å². The lowest BCUT2D eigenvalue weighted by Gasteiger charge is -2.29. The van der Waals surface area contributed by atoms with Crippen LogP contribution in [0.1, 0.15) is 13.3 Å². The molecular formula is C8H10N4O2. The lowest BCUT2D eigenvalue weighted by molar-refractivity contribution is -0.120. The molecular weight excluding hydrogens is 184 g/mol. The van der Waals surface area contributed by atoms with Crippen molar-refractivity contribution in [1.29, 1.82) is 0 Å². The Hall–Kier alpha value is -1.72. The molecule has 1 N–H and O–H groups in total. The van der Waals surface area contributed by atoms with Crippen molar-refractivity contribution < 1.29 is 9.59 Å². The van der Waals surface area contributed by atoms with E-state index in [1.54, 1.807) is 0 Å². The number of amidine groups is 1. The Morgan fingerprint density at radius 2 is 2.36 bits per heavy atom. The highest BCUT2D eigenvalue weighted by Crippen LogP contribution is 2.12. The van der Waals surface area contributed by atoms with E-state index in [0.717, 1.165) is 6.42 Å². The summed E-state index contributed by atoms with van der Waals surface area (Å²) >= 11 is 0. The van der Waals surface area contributed by atoms with Crippen LogP contribution in [0.5, 0.6) is 0 Å². The average Bonchev–Trinajstić information content (AvgIpc) is 2.60. The van der Waals surface area contributed by atoms with Crippen molar-refractivity contribution in [3.63, 3.8) is 0 Å². The third-order valence-corrected chi connectivity index (χ3v) is 2.10.